The van der Waals surface area contributed by atoms with Crippen LogP contribution in [-0.2, 0) is 9.53 Å². The van der Waals surface area contributed by atoms with Crippen molar-refractivity contribution in [3.05, 3.63) is 69.7 Å². The molecule has 0 saturated carbocycles. The minimum Gasteiger partial charge on any atom is -0.479 e. The maximum Gasteiger partial charge on any atom is 0.408 e. The topological polar surface area (TPSA) is 92.7 Å². The lowest BCUT2D eigenvalue weighted by molar-refractivity contribution is -0.139. The lowest BCUT2D eigenvalue weighted by Crippen LogP contribution is -2.38. The maximum atomic E-state index is 11.6. The molecule has 0 bridgehead atoms. The first-order valence-corrected chi connectivity index (χ1v) is 8.97. The summed E-state index contributed by atoms with van der Waals surface area (Å²) < 4.78 is 5.02. The largest absolute Gasteiger partial charge is 0.479 e. The number of halogens is 2. The fourth-order valence-corrected chi connectivity index (χ4v) is 2.40. The SMILES string of the molecule is CC(C)(C)OC(=O)NC(C(=O)O)c1ccccc1Cl.O=Cc1ccccc1Cl. The monoisotopic (exact) mass is 425 g/mol. The Morgan fingerprint density at radius 2 is 1.57 bits per heavy atom. The molecule has 0 fully saturated rings. The second-order valence-corrected chi connectivity index (χ2v) is 7.39. The quantitative estimate of drug-likeness (QED) is 0.661. The van der Waals surface area contributed by atoms with E-state index in [-0.39, 0.29) is 5.02 Å². The van der Waals surface area contributed by atoms with Gasteiger partial charge in [0.25, 0.3) is 0 Å². The fourth-order valence-electron chi connectivity index (χ4n) is 1.98. The van der Waals surface area contributed by atoms with Gasteiger partial charge in [0, 0.05) is 16.1 Å². The van der Waals surface area contributed by atoms with Crippen LogP contribution in [0.15, 0.2) is 48.5 Å². The highest BCUT2D eigenvalue weighted by Gasteiger charge is 2.26. The number of ether oxygens (including phenoxy) is 1. The van der Waals surface area contributed by atoms with Crippen LogP contribution in [0.2, 0.25) is 10.0 Å². The van der Waals surface area contributed by atoms with Gasteiger partial charge in [-0.05, 0) is 32.9 Å². The third-order valence-corrected chi connectivity index (χ3v) is 3.84. The number of carbonyl (C=O) groups excluding carboxylic acids is 2. The van der Waals surface area contributed by atoms with Crippen molar-refractivity contribution in [2.45, 2.75) is 32.4 Å². The molecule has 1 amide bonds. The summed E-state index contributed by atoms with van der Waals surface area (Å²) in [7, 11) is 0. The van der Waals surface area contributed by atoms with Crippen molar-refractivity contribution >= 4 is 41.6 Å². The van der Waals surface area contributed by atoms with Gasteiger partial charge in [0.1, 0.15) is 5.60 Å². The van der Waals surface area contributed by atoms with Gasteiger partial charge in [-0.25, -0.2) is 9.59 Å². The first kappa shape index (κ1) is 23.5. The first-order valence-electron chi connectivity index (χ1n) is 8.21. The van der Waals surface area contributed by atoms with E-state index in [4.69, 9.17) is 33.0 Å². The summed E-state index contributed by atoms with van der Waals surface area (Å²) in [6.45, 7) is 5.08. The molecule has 2 rings (SSSR count). The first-order chi connectivity index (χ1) is 13.0. The Balaban J connectivity index is 0.000000362. The van der Waals surface area contributed by atoms with Gasteiger partial charge in [-0.3, -0.25) is 4.79 Å². The van der Waals surface area contributed by atoms with Crippen LogP contribution in [-0.4, -0.2) is 29.1 Å². The summed E-state index contributed by atoms with van der Waals surface area (Å²) >= 11 is 11.5. The molecule has 0 aliphatic rings. The molecule has 1 unspecified atom stereocenters. The van der Waals surface area contributed by atoms with Crippen molar-refractivity contribution in [1.29, 1.82) is 0 Å². The van der Waals surface area contributed by atoms with Crippen LogP contribution in [0.1, 0.15) is 42.7 Å². The van der Waals surface area contributed by atoms with Crippen LogP contribution in [0.5, 0.6) is 0 Å². The molecule has 1 atom stereocenters. The van der Waals surface area contributed by atoms with Gasteiger partial charge in [-0.15, -0.1) is 0 Å². The maximum absolute atomic E-state index is 11.6. The molecule has 0 aliphatic heterocycles. The van der Waals surface area contributed by atoms with Crippen molar-refractivity contribution in [2.24, 2.45) is 0 Å². The molecule has 0 saturated heterocycles. The Morgan fingerprint density at radius 1 is 1.04 bits per heavy atom. The number of alkyl carbamates (subject to hydrolysis) is 1. The summed E-state index contributed by atoms with van der Waals surface area (Å²) in [5.41, 5.74) is 0.148. The summed E-state index contributed by atoms with van der Waals surface area (Å²) in [6.07, 6.45) is -0.0673. The van der Waals surface area contributed by atoms with E-state index in [9.17, 15) is 14.4 Å². The molecule has 0 radical (unpaired) electrons. The van der Waals surface area contributed by atoms with E-state index in [2.05, 4.69) is 5.32 Å². The molecule has 6 nitrogen and oxygen atoms in total. The summed E-state index contributed by atoms with van der Waals surface area (Å²) in [5.74, 6) is -1.21. The molecular weight excluding hydrogens is 405 g/mol. The Hall–Kier alpha value is -2.57. The zero-order valence-corrected chi connectivity index (χ0v) is 17.1. The predicted octanol–water partition coefficient (Wildman–Crippen LogP) is 5.14. The minimum atomic E-state index is -1.25. The smallest absolute Gasteiger partial charge is 0.408 e. The zero-order valence-electron chi connectivity index (χ0n) is 15.6. The van der Waals surface area contributed by atoms with Crippen LogP contribution in [0.4, 0.5) is 4.79 Å². The van der Waals surface area contributed by atoms with Crippen molar-refractivity contribution in [3.8, 4) is 0 Å². The molecule has 2 aromatic rings. The van der Waals surface area contributed by atoms with E-state index >= 15 is 0 Å². The van der Waals surface area contributed by atoms with E-state index in [1.165, 1.54) is 0 Å². The molecule has 150 valence electrons. The molecule has 0 spiro atoms. The van der Waals surface area contributed by atoms with Gasteiger partial charge >= 0.3 is 12.1 Å². The zero-order chi connectivity index (χ0) is 21.3. The summed E-state index contributed by atoms with van der Waals surface area (Å²) in [4.78, 5) is 33.0. The predicted molar refractivity (Wildman–Crippen MR) is 108 cm³/mol. The van der Waals surface area contributed by atoms with Crippen molar-refractivity contribution in [2.75, 3.05) is 0 Å². The van der Waals surface area contributed by atoms with Crippen LogP contribution >= 0.6 is 23.2 Å². The summed E-state index contributed by atoms with van der Waals surface area (Å²) in [5, 5.41) is 12.2. The van der Waals surface area contributed by atoms with Gasteiger partial charge < -0.3 is 15.2 Å². The van der Waals surface area contributed by atoms with Crippen LogP contribution < -0.4 is 5.32 Å². The van der Waals surface area contributed by atoms with Gasteiger partial charge in [0.05, 0.1) is 5.02 Å². The van der Waals surface area contributed by atoms with E-state index in [1.54, 1.807) is 69.3 Å². The Bertz CT molecular complexity index is 833. The van der Waals surface area contributed by atoms with E-state index in [0.29, 0.717) is 16.1 Å². The number of carboxylic acids is 1. The average Bonchev–Trinajstić information content (AvgIpc) is 2.60. The number of hydrogen-bond acceptors (Lipinski definition) is 4. The second kappa shape index (κ2) is 10.7. The van der Waals surface area contributed by atoms with E-state index < -0.39 is 23.7 Å². The number of benzene rings is 2. The van der Waals surface area contributed by atoms with Gasteiger partial charge in [0.15, 0.2) is 12.3 Å². The van der Waals surface area contributed by atoms with Crippen LogP contribution in [0.25, 0.3) is 0 Å². The number of aliphatic carboxylic acids is 1. The molecule has 28 heavy (non-hydrogen) atoms. The standard InChI is InChI=1S/C13H16ClNO4.C7H5ClO/c1-13(2,3)19-12(18)15-10(11(16)17)8-6-4-5-7-9(8)14;8-7-4-2-1-3-6(7)5-9/h4-7,10H,1-3H3,(H,15,18)(H,16,17);1-5H. The number of amides is 1. The van der Waals surface area contributed by atoms with Gasteiger partial charge in [-0.1, -0.05) is 59.6 Å². The number of carboxylic acid groups (broad SMARTS) is 1. The van der Waals surface area contributed by atoms with Crippen LogP contribution in [0.3, 0.4) is 0 Å². The van der Waals surface area contributed by atoms with E-state index in [0.717, 1.165) is 6.29 Å². The molecule has 0 aromatic heterocycles. The Labute approximate surface area is 173 Å². The molecular formula is C20H21Cl2NO5. The molecule has 2 aromatic carbocycles. The number of carbonyl (C=O) groups is 3. The number of nitrogens with one attached hydrogen (secondary N) is 1. The molecule has 0 aliphatic carbocycles. The van der Waals surface area contributed by atoms with Crippen molar-refractivity contribution in [1.82, 2.24) is 5.32 Å². The highest BCUT2D eigenvalue weighted by Crippen LogP contribution is 2.23. The highest BCUT2D eigenvalue weighted by molar-refractivity contribution is 6.33. The average molecular weight is 426 g/mol. The third kappa shape index (κ3) is 7.98. The van der Waals surface area contributed by atoms with E-state index in [1.807, 2.05) is 0 Å². The van der Waals surface area contributed by atoms with Crippen LogP contribution in [0, 0.1) is 0 Å². The van der Waals surface area contributed by atoms with Crippen molar-refractivity contribution in [3.63, 3.8) is 0 Å². The highest BCUT2D eigenvalue weighted by atomic mass is 35.5. The Morgan fingerprint density at radius 3 is 2.00 bits per heavy atom. The van der Waals surface area contributed by atoms with Gasteiger partial charge in [0.2, 0.25) is 0 Å². The van der Waals surface area contributed by atoms with Gasteiger partial charge in [-0.2, -0.15) is 0 Å². The molecule has 0 heterocycles. The second-order valence-electron chi connectivity index (χ2n) is 6.58. The lowest BCUT2D eigenvalue weighted by Gasteiger charge is -2.22. The molecule has 2 N–H and O–H groups in total. The fraction of sp³-hybridized carbons (Fsp3) is 0.250. The summed E-state index contributed by atoms with van der Waals surface area (Å²) in [6, 6.07) is 12.1. The normalized spacial score (nSPS) is 11.5. The number of rotatable bonds is 4. The molecule has 8 heteroatoms. The third-order valence-electron chi connectivity index (χ3n) is 3.16. The Kier molecular flexibility index (Phi) is 8.96. The minimum absolute atomic E-state index is 0.269. The number of hydrogen-bond donors (Lipinski definition) is 2. The number of aldehydes is 1. The lowest BCUT2D eigenvalue weighted by atomic mass is 10.1. The van der Waals surface area contributed by atoms with Crippen molar-refractivity contribution < 1.29 is 24.2 Å².